The van der Waals surface area contributed by atoms with Gasteiger partial charge in [0.1, 0.15) is 0 Å². The molecule has 14 atom stereocenters. The molecular formula is C58H96O2. The van der Waals surface area contributed by atoms with Crippen molar-refractivity contribution in [1.29, 1.82) is 0 Å². The van der Waals surface area contributed by atoms with E-state index in [9.17, 15) is 10.2 Å². The third-order valence-electron chi connectivity index (χ3n) is 18.8. The average Bonchev–Trinajstić information content (AvgIpc) is 3.75. The van der Waals surface area contributed by atoms with Crippen LogP contribution in [0.1, 0.15) is 210 Å². The summed E-state index contributed by atoms with van der Waals surface area (Å²) in [5, 5.41) is 24.4. The van der Waals surface area contributed by atoms with E-state index in [2.05, 4.69) is 105 Å². The van der Waals surface area contributed by atoms with Gasteiger partial charge in [0, 0.05) is 6.42 Å². The zero-order chi connectivity index (χ0) is 43.7. The Hall–Kier alpha value is -1.56. The summed E-state index contributed by atoms with van der Waals surface area (Å²) in [6, 6.07) is 0. The third kappa shape index (κ3) is 11.2. The molecule has 6 unspecified atom stereocenters. The second kappa shape index (κ2) is 21.9. The molecule has 6 aliphatic rings. The van der Waals surface area contributed by atoms with Crippen molar-refractivity contribution < 1.29 is 10.2 Å². The molecule has 2 nitrogen and oxygen atoms in total. The number of hydrogen-bond donors (Lipinski definition) is 2. The molecule has 6 aliphatic carbocycles. The summed E-state index contributed by atoms with van der Waals surface area (Å²) in [5.74, 6) is 10.6. The fraction of sp³-hybridized carbons (Fsp3) is 0.828. The van der Waals surface area contributed by atoms with Crippen LogP contribution in [0, 0.1) is 94.2 Å². The van der Waals surface area contributed by atoms with Gasteiger partial charge in [0.15, 0.2) is 0 Å². The standard InChI is InChI=1S/C31H52O.C27H44O/c1-8-11-12-17-26(14-9-2)23-27-20-22-30(7)28(25(6)16-13-15-24(4)5)18-19-29(30)31(27,32)21-10-3;1-19(2)7-5-8-20(3)24-11-12-25-26(24,4)15-14-23-18-22-10-6-9-21(17-22)13-16-27(23,25)28/h2,10-12,24-29,32H,3,8,13-23H2,1,4-7H3;6,9,13,19-20,22-25,28H,5,7-8,10-12,14-18H2,1-4H3/b12-11+;21-13-/t25-,26?,27?,28-,29?,30-,31+;20-,22?,23?,24-,25?,26-,27+/m11/s1. The third-order valence-corrected chi connectivity index (χ3v) is 18.8. The van der Waals surface area contributed by atoms with Crippen molar-refractivity contribution in [2.45, 2.75) is 221 Å². The first-order valence-electron chi connectivity index (χ1n) is 26.0. The predicted octanol–water partition coefficient (Wildman–Crippen LogP) is 15.9. The maximum absolute atomic E-state index is 12.3. The molecule has 0 aromatic carbocycles. The molecule has 0 amide bonds. The molecular weight excluding hydrogens is 729 g/mol. The maximum atomic E-state index is 12.3. The Kier molecular flexibility index (Phi) is 18.0. The van der Waals surface area contributed by atoms with E-state index in [-0.39, 0.29) is 5.41 Å². The lowest BCUT2D eigenvalue weighted by Gasteiger charge is -2.55. The lowest BCUT2D eigenvalue weighted by molar-refractivity contribution is -0.151. The van der Waals surface area contributed by atoms with Crippen molar-refractivity contribution >= 4 is 0 Å². The molecule has 0 aromatic rings. The summed E-state index contributed by atoms with van der Waals surface area (Å²) >= 11 is 0. The largest absolute Gasteiger partial charge is 0.389 e. The van der Waals surface area contributed by atoms with E-state index in [1.54, 1.807) is 0 Å². The second-order valence-corrected chi connectivity index (χ2v) is 23.6. The van der Waals surface area contributed by atoms with Crippen LogP contribution in [0.4, 0.5) is 0 Å². The topological polar surface area (TPSA) is 40.5 Å². The molecule has 0 aliphatic heterocycles. The zero-order valence-corrected chi connectivity index (χ0v) is 40.8. The van der Waals surface area contributed by atoms with Gasteiger partial charge in [-0.05, 0) is 185 Å². The molecule has 4 fully saturated rings. The van der Waals surface area contributed by atoms with Crippen molar-refractivity contribution in [3.05, 3.63) is 48.6 Å². The second-order valence-electron chi connectivity index (χ2n) is 23.6. The van der Waals surface area contributed by atoms with Crippen molar-refractivity contribution in [1.82, 2.24) is 0 Å². The summed E-state index contributed by atoms with van der Waals surface area (Å²) in [5.41, 5.74) is 1.03. The van der Waals surface area contributed by atoms with Crippen LogP contribution >= 0.6 is 0 Å². The lowest BCUT2D eigenvalue weighted by atomic mass is 9.52. The monoisotopic (exact) mass is 825 g/mol. The predicted molar refractivity (Wildman–Crippen MR) is 259 cm³/mol. The Morgan fingerprint density at radius 3 is 2.05 bits per heavy atom. The molecule has 2 heteroatoms. The van der Waals surface area contributed by atoms with Crippen LogP contribution in [-0.2, 0) is 0 Å². The van der Waals surface area contributed by atoms with Gasteiger partial charge in [-0.3, -0.25) is 0 Å². The molecule has 60 heavy (non-hydrogen) atoms. The minimum Gasteiger partial charge on any atom is -0.389 e. The van der Waals surface area contributed by atoms with Gasteiger partial charge in [-0.2, -0.15) is 0 Å². The zero-order valence-electron chi connectivity index (χ0n) is 40.8. The summed E-state index contributed by atoms with van der Waals surface area (Å²) < 4.78 is 0. The van der Waals surface area contributed by atoms with Crippen molar-refractivity contribution in [3.8, 4) is 12.3 Å². The highest BCUT2D eigenvalue weighted by molar-refractivity contribution is 5.26. The highest BCUT2D eigenvalue weighted by atomic mass is 16.3. The van der Waals surface area contributed by atoms with Crippen LogP contribution in [0.15, 0.2) is 48.6 Å². The normalized spacial score (nSPS) is 39.6. The highest BCUT2D eigenvalue weighted by Crippen LogP contribution is 2.66. The number of aliphatic hydroxyl groups is 2. The van der Waals surface area contributed by atoms with Gasteiger partial charge in [0.25, 0.3) is 0 Å². The molecule has 0 spiro atoms. The molecule has 0 radical (unpaired) electrons. The van der Waals surface area contributed by atoms with Crippen LogP contribution in [0.2, 0.25) is 0 Å². The van der Waals surface area contributed by atoms with Gasteiger partial charge in [-0.15, -0.1) is 18.9 Å². The SMILES string of the molecule is C#CCC(C/C=C/CC)CC1CC[C@@]2(C)C(CC[C@@H]2[C@H](C)CCCC(C)C)[C@]1(O)CC=C.CC(C)CCC[C@@H](C)[C@H]1CCC2[C@]3(O)C/C=C4/C=CCC(C4)CC3CC[C@@]21C. The Bertz CT molecular complexity index is 1480. The number of terminal acetylenes is 1. The Morgan fingerprint density at radius 1 is 0.833 bits per heavy atom. The molecule has 0 aromatic heterocycles. The number of hydrogen-bond acceptors (Lipinski definition) is 2. The molecule has 0 saturated heterocycles. The highest BCUT2D eigenvalue weighted by Gasteiger charge is 2.62. The van der Waals surface area contributed by atoms with E-state index in [4.69, 9.17) is 6.42 Å². The van der Waals surface area contributed by atoms with E-state index >= 15 is 0 Å². The number of fused-ring (bicyclic) bond motifs is 6. The van der Waals surface area contributed by atoms with Gasteiger partial charge >= 0.3 is 0 Å². The fourth-order valence-corrected chi connectivity index (χ4v) is 15.6. The first-order valence-corrected chi connectivity index (χ1v) is 26.0. The van der Waals surface area contributed by atoms with E-state index in [1.807, 2.05) is 6.08 Å². The van der Waals surface area contributed by atoms with E-state index in [0.29, 0.717) is 35.0 Å². The van der Waals surface area contributed by atoms with Crippen molar-refractivity contribution in [2.24, 2.45) is 81.8 Å². The molecule has 2 bridgehead atoms. The van der Waals surface area contributed by atoms with Crippen LogP contribution in [0.25, 0.3) is 0 Å². The summed E-state index contributed by atoms with van der Waals surface area (Å²) in [6.45, 7) is 25.7. The number of allylic oxidation sites excluding steroid dienone is 5. The van der Waals surface area contributed by atoms with E-state index < -0.39 is 11.2 Å². The average molecular weight is 825 g/mol. The summed E-state index contributed by atoms with van der Waals surface area (Å²) in [7, 11) is 0. The molecule has 4 saturated carbocycles. The molecule has 2 N–H and O–H groups in total. The maximum Gasteiger partial charge on any atom is 0.0743 e. The van der Waals surface area contributed by atoms with Crippen LogP contribution in [0.5, 0.6) is 0 Å². The smallest absolute Gasteiger partial charge is 0.0743 e. The van der Waals surface area contributed by atoms with Gasteiger partial charge < -0.3 is 10.2 Å². The minimum atomic E-state index is -0.623. The van der Waals surface area contributed by atoms with Crippen LogP contribution in [0.3, 0.4) is 0 Å². The van der Waals surface area contributed by atoms with Crippen LogP contribution in [-0.4, -0.2) is 21.4 Å². The lowest BCUT2D eigenvalue weighted by Crippen LogP contribution is -2.55. The number of rotatable bonds is 18. The van der Waals surface area contributed by atoms with Crippen molar-refractivity contribution in [2.75, 3.05) is 0 Å². The first kappa shape index (κ1) is 49.5. The quantitative estimate of drug-likeness (QED) is 0.107. The fourth-order valence-electron chi connectivity index (χ4n) is 15.6. The van der Waals surface area contributed by atoms with Gasteiger partial charge in [-0.25, -0.2) is 0 Å². The Morgan fingerprint density at radius 2 is 1.45 bits per heavy atom. The summed E-state index contributed by atoms with van der Waals surface area (Å²) in [4.78, 5) is 0. The van der Waals surface area contributed by atoms with Crippen molar-refractivity contribution in [3.63, 3.8) is 0 Å². The summed E-state index contributed by atoms with van der Waals surface area (Å²) in [6.07, 6.45) is 46.9. The van der Waals surface area contributed by atoms with E-state index in [0.717, 1.165) is 86.4 Å². The van der Waals surface area contributed by atoms with Gasteiger partial charge in [0.2, 0.25) is 0 Å². The molecule has 0 heterocycles. The Labute approximate surface area is 372 Å². The first-order chi connectivity index (χ1) is 28.5. The van der Waals surface area contributed by atoms with Crippen LogP contribution < -0.4 is 0 Å². The molecule has 6 rings (SSSR count). The minimum absolute atomic E-state index is 0.259. The van der Waals surface area contributed by atoms with E-state index in [1.165, 1.54) is 108 Å². The van der Waals surface area contributed by atoms with Gasteiger partial charge in [-0.1, -0.05) is 143 Å². The Balaban J connectivity index is 0.000000229. The van der Waals surface area contributed by atoms with Gasteiger partial charge in [0.05, 0.1) is 11.2 Å². The molecule has 340 valence electrons.